The van der Waals surface area contributed by atoms with E-state index in [9.17, 15) is 9.18 Å². The van der Waals surface area contributed by atoms with E-state index in [1.54, 1.807) is 0 Å². The van der Waals surface area contributed by atoms with E-state index >= 15 is 0 Å². The van der Waals surface area contributed by atoms with Crippen LogP contribution in [0.1, 0.15) is 37.0 Å². The van der Waals surface area contributed by atoms with Crippen molar-refractivity contribution < 1.29 is 9.18 Å². The summed E-state index contributed by atoms with van der Waals surface area (Å²) in [6.07, 6.45) is 2.11. The van der Waals surface area contributed by atoms with Gasteiger partial charge >= 0.3 is 0 Å². The van der Waals surface area contributed by atoms with E-state index in [1.165, 1.54) is 18.2 Å². The Hall–Kier alpha value is -1.62. The van der Waals surface area contributed by atoms with Crippen molar-refractivity contribution in [3.8, 4) is 0 Å². The van der Waals surface area contributed by atoms with E-state index in [-0.39, 0.29) is 23.2 Å². The summed E-state index contributed by atoms with van der Waals surface area (Å²) in [6.45, 7) is 4.82. The van der Waals surface area contributed by atoms with Crippen LogP contribution in [0, 0.1) is 11.7 Å². The number of benzene rings is 1. The monoisotopic (exact) mass is 295 g/mol. The van der Waals surface area contributed by atoms with E-state index in [4.69, 9.17) is 5.73 Å². The van der Waals surface area contributed by atoms with Crippen molar-refractivity contribution in [2.75, 3.05) is 26.4 Å². The standard InChI is InChI=1S/C16H26FN3O/c1-5-11(6-2)15(20(3)4)10-19-16(21)13-9-12(17)7-8-14(13)18/h7-9,11,15H,5-6,10,18H2,1-4H3,(H,19,21). The van der Waals surface area contributed by atoms with E-state index in [2.05, 4.69) is 24.1 Å². The summed E-state index contributed by atoms with van der Waals surface area (Å²) in [5.41, 5.74) is 6.21. The van der Waals surface area contributed by atoms with Gasteiger partial charge in [0.1, 0.15) is 5.82 Å². The van der Waals surface area contributed by atoms with Gasteiger partial charge in [0.15, 0.2) is 0 Å². The molecule has 0 spiro atoms. The minimum absolute atomic E-state index is 0.192. The number of nitrogens with zero attached hydrogens (tertiary/aromatic N) is 1. The molecule has 0 fully saturated rings. The van der Waals surface area contributed by atoms with Crippen LogP contribution in [-0.4, -0.2) is 37.5 Å². The highest BCUT2D eigenvalue weighted by Gasteiger charge is 2.22. The molecule has 0 bridgehead atoms. The fraction of sp³-hybridized carbons (Fsp3) is 0.562. The molecule has 0 saturated carbocycles. The average Bonchev–Trinajstić information content (AvgIpc) is 2.45. The molecule has 1 amide bonds. The highest BCUT2D eigenvalue weighted by atomic mass is 19.1. The second kappa shape index (κ2) is 7.98. The lowest BCUT2D eigenvalue weighted by Gasteiger charge is -2.31. The summed E-state index contributed by atoms with van der Waals surface area (Å²) in [7, 11) is 4.01. The summed E-state index contributed by atoms with van der Waals surface area (Å²) < 4.78 is 13.2. The zero-order valence-corrected chi connectivity index (χ0v) is 13.3. The molecule has 5 heteroatoms. The molecule has 3 N–H and O–H groups in total. The number of hydrogen-bond donors (Lipinski definition) is 2. The zero-order valence-electron chi connectivity index (χ0n) is 13.3. The van der Waals surface area contributed by atoms with Crippen molar-refractivity contribution in [1.82, 2.24) is 10.2 Å². The van der Waals surface area contributed by atoms with Crippen LogP contribution in [0.15, 0.2) is 18.2 Å². The van der Waals surface area contributed by atoms with Crippen LogP contribution in [0.25, 0.3) is 0 Å². The first-order valence-corrected chi connectivity index (χ1v) is 7.40. The number of anilines is 1. The number of amides is 1. The van der Waals surface area contributed by atoms with Gasteiger partial charge in [0, 0.05) is 18.3 Å². The number of likely N-dealkylation sites (N-methyl/N-ethyl adjacent to an activating group) is 1. The normalized spacial score (nSPS) is 12.7. The highest BCUT2D eigenvalue weighted by molar-refractivity contribution is 5.99. The van der Waals surface area contributed by atoms with Gasteiger partial charge in [-0.05, 0) is 38.2 Å². The van der Waals surface area contributed by atoms with Crippen molar-refractivity contribution in [3.05, 3.63) is 29.6 Å². The predicted octanol–water partition coefficient (Wildman–Crippen LogP) is 2.50. The number of nitrogen functional groups attached to an aromatic ring is 1. The molecule has 0 heterocycles. The van der Waals surface area contributed by atoms with Crippen molar-refractivity contribution in [3.63, 3.8) is 0 Å². The number of nitrogens with one attached hydrogen (secondary N) is 1. The number of hydrogen-bond acceptors (Lipinski definition) is 3. The molecule has 1 unspecified atom stereocenters. The van der Waals surface area contributed by atoms with Crippen LogP contribution in [0.5, 0.6) is 0 Å². The molecule has 0 saturated heterocycles. The van der Waals surface area contributed by atoms with Crippen LogP contribution < -0.4 is 11.1 Å². The van der Waals surface area contributed by atoms with E-state index in [0.29, 0.717) is 12.5 Å². The molecule has 21 heavy (non-hydrogen) atoms. The molecule has 1 aromatic rings. The molecular weight excluding hydrogens is 269 g/mol. The maximum atomic E-state index is 13.2. The number of carbonyl (C=O) groups excluding carboxylic acids is 1. The summed E-state index contributed by atoms with van der Waals surface area (Å²) in [5, 5.41) is 2.87. The molecule has 4 nitrogen and oxygen atoms in total. The third-order valence-electron chi connectivity index (χ3n) is 3.99. The van der Waals surface area contributed by atoms with Gasteiger partial charge in [-0.2, -0.15) is 0 Å². The van der Waals surface area contributed by atoms with Gasteiger partial charge in [0.25, 0.3) is 5.91 Å². The Labute approximate surface area is 126 Å². The van der Waals surface area contributed by atoms with Crippen LogP contribution in [0.4, 0.5) is 10.1 Å². The lowest BCUT2D eigenvalue weighted by molar-refractivity contribution is 0.0929. The van der Waals surface area contributed by atoms with Crippen molar-refractivity contribution >= 4 is 11.6 Å². The summed E-state index contributed by atoms with van der Waals surface area (Å²) in [4.78, 5) is 14.3. The van der Waals surface area contributed by atoms with Gasteiger partial charge in [-0.1, -0.05) is 26.7 Å². The van der Waals surface area contributed by atoms with Crippen molar-refractivity contribution in [2.24, 2.45) is 5.92 Å². The number of carbonyl (C=O) groups is 1. The predicted molar refractivity (Wildman–Crippen MR) is 84.7 cm³/mol. The topological polar surface area (TPSA) is 58.4 Å². The van der Waals surface area contributed by atoms with Crippen molar-refractivity contribution in [2.45, 2.75) is 32.7 Å². The molecule has 0 aliphatic rings. The van der Waals surface area contributed by atoms with Gasteiger partial charge in [0.05, 0.1) is 5.56 Å². The summed E-state index contributed by atoms with van der Waals surface area (Å²) in [6, 6.07) is 4.08. The molecule has 0 aliphatic carbocycles. The minimum Gasteiger partial charge on any atom is -0.398 e. The maximum absolute atomic E-state index is 13.2. The Bertz CT molecular complexity index is 473. The zero-order chi connectivity index (χ0) is 16.0. The molecule has 1 aromatic carbocycles. The van der Waals surface area contributed by atoms with E-state index in [0.717, 1.165) is 12.8 Å². The van der Waals surface area contributed by atoms with Gasteiger partial charge in [0.2, 0.25) is 0 Å². The highest BCUT2D eigenvalue weighted by Crippen LogP contribution is 2.17. The Morgan fingerprint density at radius 3 is 2.48 bits per heavy atom. The van der Waals surface area contributed by atoms with E-state index < -0.39 is 5.82 Å². The molecule has 0 aliphatic heterocycles. The van der Waals surface area contributed by atoms with Crippen LogP contribution in [0.2, 0.25) is 0 Å². The maximum Gasteiger partial charge on any atom is 0.253 e. The summed E-state index contributed by atoms with van der Waals surface area (Å²) >= 11 is 0. The van der Waals surface area contributed by atoms with Crippen molar-refractivity contribution in [1.29, 1.82) is 0 Å². The largest absolute Gasteiger partial charge is 0.398 e. The van der Waals surface area contributed by atoms with Crippen LogP contribution >= 0.6 is 0 Å². The smallest absolute Gasteiger partial charge is 0.253 e. The fourth-order valence-corrected chi connectivity index (χ4v) is 2.62. The molecule has 1 atom stereocenters. The second-order valence-corrected chi connectivity index (χ2v) is 5.55. The Morgan fingerprint density at radius 1 is 1.33 bits per heavy atom. The van der Waals surface area contributed by atoms with E-state index in [1.807, 2.05) is 14.1 Å². The molecule has 0 radical (unpaired) electrons. The Morgan fingerprint density at radius 2 is 1.95 bits per heavy atom. The van der Waals surface area contributed by atoms with Gasteiger partial charge in [-0.15, -0.1) is 0 Å². The molecule has 0 aromatic heterocycles. The number of rotatable bonds is 7. The average molecular weight is 295 g/mol. The number of halogens is 1. The first kappa shape index (κ1) is 17.4. The first-order chi connectivity index (χ1) is 9.90. The quantitative estimate of drug-likeness (QED) is 0.760. The lowest BCUT2D eigenvalue weighted by Crippen LogP contribution is -2.44. The fourth-order valence-electron chi connectivity index (χ4n) is 2.62. The first-order valence-electron chi connectivity index (χ1n) is 7.40. The third kappa shape index (κ3) is 4.70. The minimum atomic E-state index is -0.460. The third-order valence-corrected chi connectivity index (χ3v) is 3.99. The number of nitrogens with two attached hydrogens (primary N) is 1. The van der Waals surface area contributed by atoms with Crippen LogP contribution in [0.3, 0.4) is 0 Å². The van der Waals surface area contributed by atoms with Gasteiger partial charge < -0.3 is 16.0 Å². The Balaban J connectivity index is 2.75. The molecular formula is C16H26FN3O. The molecule has 118 valence electrons. The van der Waals surface area contributed by atoms with Gasteiger partial charge in [-0.3, -0.25) is 4.79 Å². The second-order valence-electron chi connectivity index (χ2n) is 5.55. The molecule has 1 rings (SSSR count). The summed E-state index contributed by atoms with van der Waals surface area (Å²) in [5.74, 6) is -0.284. The SMILES string of the molecule is CCC(CC)C(CNC(=O)c1cc(F)ccc1N)N(C)C. The van der Waals surface area contributed by atoms with Gasteiger partial charge in [-0.25, -0.2) is 4.39 Å². The van der Waals surface area contributed by atoms with Crippen LogP contribution in [-0.2, 0) is 0 Å². The lowest BCUT2D eigenvalue weighted by atomic mass is 9.93. The Kier molecular flexibility index (Phi) is 6.62.